The lowest BCUT2D eigenvalue weighted by atomic mass is 9.72. The molecule has 3 aliphatic rings. The molecule has 0 radical (unpaired) electrons. The van der Waals surface area contributed by atoms with E-state index in [-0.39, 0.29) is 17.9 Å². The second-order valence-corrected chi connectivity index (χ2v) is 7.99. The lowest BCUT2D eigenvalue weighted by Crippen LogP contribution is -2.66. The van der Waals surface area contributed by atoms with Gasteiger partial charge >= 0.3 is 0 Å². The predicted octanol–water partition coefficient (Wildman–Crippen LogP) is 1.42. The average molecular weight is 387 g/mol. The molecule has 4 atom stereocenters. The van der Waals surface area contributed by atoms with Gasteiger partial charge in [0.15, 0.2) is 11.5 Å². The molecule has 0 aromatic heterocycles. The molecule has 2 amide bonds. The maximum atomic E-state index is 12.9. The molecule has 4 rings (SSSR count). The van der Waals surface area contributed by atoms with Crippen LogP contribution in [-0.4, -0.2) is 62.7 Å². The van der Waals surface area contributed by atoms with Crippen LogP contribution in [0.2, 0.25) is 0 Å². The molecule has 3 fully saturated rings. The van der Waals surface area contributed by atoms with Crippen molar-refractivity contribution >= 4 is 11.8 Å². The van der Waals surface area contributed by atoms with Crippen LogP contribution in [0.4, 0.5) is 0 Å². The van der Waals surface area contributed by atoms with E-state index in [1.165, 1.54) is 7.11 Å². The Hall–Kier alpha value is -2.28. The van der Waals surface area contributed by atoms with Crippen molar-refractivity contribution in [1.82, 2.24) is 15.5 Å². The van der Waals surface area contributed by atoms with E-state index >= 15 is 0 Å². The number of rotatable bonds is 5. The average Bonchev–Trinajstić information content (AvgIpc) is 2.73. The molecule has 0 spiro atoms. The van der Waals surface area contributed by atoms with Gasteiger partial charge in [-0.2, -0.15) is 0 Å². The van der Waals surface area contributed by atoms with Crippen LogP contribution in [0.5, 0.6) is 11.5 Å². The molecule has 0 saturated carbocycles. The van der Waals surface area contributed by atoms with Gasteiger partial charge in [0, 0.05) is 25.6 Å². The van der Waals surface area contributed by atoms with Gasteiger partial charge < -0.3 is 25.0 Å². The Balaban J connectivity index is 1.52. The third-order valence-electron chi connectivity index (χ3n) is 6.52. The number of amides is 2. The minimum atomic E-state index is -0.206. The molecule has 7 nitrogen and oxygen atoms in total. The van der Waals surface area contributed by atoms with Crippen molar-refractivity contribution < 1.29 is 19.1 Å². The zero-order chi connectivity index (χ0) is 19.7. The summed E-state index contributed by atoms with van der Waals surface area (Å²) in [6.45, 7) is 2.35. The van der Waals surface area contributed by atoms with Gasteiger partial charge in [-0.1, -0.05) is 6.07 Å². The summed E-state index contributed by atoms with van der Waals surface area (Å²) in [5, 5.41) is 6.59. The zero-order valence-corrected chi connectivity index (χ0v) is 16.6. The molecule has 7 heteroatoms. The lowest BCUT2D eigenvalue weighted by molar-refractivity contribution is -0.148. The first-order valence-electron chi connectivity index (χ1n) is 10.1. The highest BCUT2D eigenvalue weighted by Crippen LogP contribution is 2.39. The van der Waals surface area contributed by atoms with Crippen LogP contribution in [0, 0.1) is 11.8 Å². The molecule has 3 saturated heterocycles. The summed E-state index contributed by atoms with van der Waals surface area (Å²) in [4.78, 5) is 27.7. The third-order valence-corrected chi connectivity index (χ3v) is 6.52. The Labute approximate surface area is 165 Å². The Bertz CT molecular complexity index is 753. The van der Waals surface area contributed by atoms with Crippen molar-refractivity contribution in [3.05, 3.63) is 23.8 Å². The van der Waals surface area contributed by atoms with Gasteiger partial charge in [0.25, 0.3) is 5.91 Å². The largest absolute Gasteiger partial charge is 0.493 e. The normalized spacial score (nSPS) is 29.1. The molecule has 2 N–H and O–H groups in total. The van der Waals surface area contributed by atoms with Crippen LogP contribution in [0.3, 0.4) is 0 Å². The van der Waals surface area contributed by atoms with Gasteiger partial charge in [-0.05, 0) is 49.8 Å². The SMILES string of the molecule is COc1cccc(C(=O)NC[C@H]2[C@@H]3CNC[C@@H](C3)[C@@H]3CCCC(=O)N32)c1OC. The fraction of sp³-hybridized carbons (Fsp3) is 0.619. The number of ether oxygens (including phenoxy) is 2. The van der Waals surface area contributed by atoms with Crippen LogP contribution in [0.15, 0.2) is 18.2 Å². The fourth-order valence-corrected chi connectivity index (χ4v) is 5.26. The Morgan fingerprint density at radius 2 is 2.07 bits per heavy atom. The number of fused-ring (bicyclic) bond motifs is 4. The molecular weight excluding hydrogens is 358 g/mol. The van der Waals surface area contributed by atoms with E-state index in [0.717, 1.165) is 32.4 Å². The number of carbonyl (C=O) groups is 2. The monoisotopic (exact) mass is 387 g/mol. The number of methoxy groups -OCH3 is 2. The van der Waals surface area contributed by atoms with Gasteiger partial charge in [0.2, 0.25) is 5.91 Å². The van der Waals surface area contributed by atoms with E-state index in [2.05, 4.69) is 15.5 Å². The fourth-order valence-electron chi connectivity index (χ4n) is 5.26. The first-order valence-corrected chi connectivity index (χ1v) is 10.1. The molecule has 2 bridgehead atoms. The Kier molecular flexibility index (Phi) is 5.44. The van der Waals surface area contributed by atoms with Crippen LogP contribution in [0.1, 0.15) is 36.0 Å². The predicted molar refractivity (Wildman–Crippen MR) is 105 cm³/mol. The molecule has 0 aliphatic carbocycles. The number of piperidine rings is 3. The molecule has 1 aromatic carbocycles. The summed E-state index contributed by atoms with van der Waals surface area (Å²) in [7, 11) is 3.08. The quantitative estimate of drug-likeness (QED) is 0.799. The highest BCUT2D eigenvalue weighted by atomic mass is 16.5. The number of benzene rings is 1. The number of carbonyl (C=O) groups excluding carboxylic acids is 2. The lowest BCUT2D eigenvalue weighted by Gasteiger charge is -2.54. The van der Waals surface area contributed by atoms with E-state index < -0.39 is 0 Å². The first kappa shape index (κ1) is 19.1. The van der Waals surface area contributed by atoms with E-state index in [1.807, 2.05) is 0 Å². The number of nitrogens with zero attached hydrogens (tertiary/aromatic N) is 1. The Morgan fingerprint density at radius 3 is 2.86 bits per heavy atom. The van der Waals surface area contributed by atoms with E-state index in [9.17, 15) is 9.59 Å². The third kappa shape index (κ3) is 3.32. The molecule has 1 aromatic rings. The first-order chi connectivity index (χ1) is 13.6. The summed E-state index contributed by atoms with van der Waals surface area (Å²) in [6, 6.07) is 5.61. The van der Waals surface area contributed by atoms with Gasteiger partial charge in [-0.25, -0.2) is 0 Å². The summed E-state index contributed by atoms with van der Waals surface area (Å²) in [5.41, 5.74) is 0.443. The molecule has 0 unspecified atom stereocenters. The van der Waals surface area contributed by atoms with Gasteiger partial charge in [-0.15, -0.1) is 0 Å². The smallest absolute Gasteiger partial charge is 0.255 e. The molecule has 152 valence electrons. The summed E-state index contributed by atoms with van der Waals surface area (Å²) in [5.74, 6) is 1.91. The summed E-state index contributed by atoms with van der Waals surface area (Å²) >= 11 is 0. The second-order valence-electron chi connectivity index (χ2n) is 7.99. The van der Waals surface area contributed by atoms with Crippen LogP contribution in [-0.2, 0) is 4.79 Å². The number of hydrogen-bond donors (Lipinski definition) is 2. The topological polar surface area (TPSA) is 79.9 Å². The molecular formula is C21H29N3O4. The van der Waals surface area contributed by atoms with Crippen molar-refractivity contribution in [3.63, 3.8) is 0 Å². The number of hydrogen-bond acceptors (Lipinski definition) is 5. The highest BCUT2D eigenvalue weighted by Gasteiger charge is 2.47. The van der Waals surface area contributed by atoms with Crippen LogP contribution < -0.4 is 20.1 Å². The van der Waals surface area contributed by atoms with E-state index in [4.69, 9.17) is 9.47 Å². The van der Waals surface area contributed by atoms with Crippen LogP contribution >= 0.6 is 0 Å². The molecule has 3 aliphatic heterocycles. The van der Waals surface area contributed by atoms with Crippen molar-refractivity contribution in [1.29, 1.82) is 0 Å². The molecule has 28 heavy (non-hydrogen) atoms. The minimum Gasteiger partial charge on any atom is -0.493 e. The number of para-hydroxylation sites is 1. The van der Waals surface area contributed by atoms with Crippen molar-refractivity contribution in [3.8, 4) is 11.5 Å². The van der Waals surface area contributed by atoms with Crippen molar-refractivity contribution in [2.45, 2.75) is 37.8 Å². The minimum absolute atomic E-state index is 0.0439. The van der Waals surface area contributed by atoms with E-state index in [0.29, 0.717) is 47.9 Å². The second kappa shape index (κ2) is 7.99. The van der Waals surface area contributed by atoms with Crippen molar-refractivity contribution in [2.24, 2.45) is 11.8 Å². The van der Waals surface area contributed by atoms with Gasteiger partial charge in [0.05, 0.1) is 25.8 Å². The molecule has 3 heterocycles. The maximum Gasteiger partial charge on any atom is 0.255 e. The summed E-state index contributed by atoms with van der Waals surface area (Å²) < 4.78 is 10.7. The van der Waals surface area contributed by atoms with Crippen molar-refractivity contribution in [2.75, 3.05) is 33.9 Å². The van der Waals surface area contributed by atoms with Gasteiger partial charge in [0.1, 0.15) is 0 Å². The zero-order valence-electron chi connectivity index (χ0n) is 16.6. The Morgan fingerprint density at radius 1 is 1.25 bits per heavy atom. The maximum absolute atomic E-state index is 12.9. The number of nitrogens with one attached hydrogen (secondary N) is 2. The highest BCUT2D eigenvalue weighted by molar-refractivity contribution is 5.97. The standard InChI is InChI=1S/C21H29N3O4/c1-27-18-7-3-5-15(20(18)28-2)21(26)23-12-17-14-9-13(10-22-11-14)16-6-4-8-19(25)24(16)17/h3,5,7,13-14,16-17,22H,4,6,8-12H2,1-2H3,(H,23,26)/t13-,14+,16+,17+/m1/s1. The summed E-state index contributed by atoms with van der Waals surface area (Å²) in [6.07, 6.45) is 3.79. The van der Waals surface area contributed by atoms with Crippen LogP contribution in [0.25, 0.3) is 0 Å². The van der Waals surface area contributed by atoms with Gasteiger partial charge in [-0.3, -0.25) is 9.59 Å². The van der Waals surface area contributed by atoms with E-state index in [1.54, 1.807) is 25.3 Å².